The van der Waals surface area contributed by atoms with Gasteiger partial charge in [-0.1, -0.05) is 12.1 Å². The van der Waals surface area contributed by atoms with Crippen molar-refractivity contribution in [3.63, 3.8) is 0 Å². The molecule has 1 aromatic heterocycles. The van der Waals surface area contributed by atoms with E-state index in [4.69, 9.17) is 0 Å². The fourth-order valence-electron chi connectivity index (χ4n) is 3.71. The van der Waals surface area contributed by atoms with Crippen molar-refractivity contribution in [1.82, 2.24) is 14.4 Å². The first-order valence-electron chi connectivity index (χ1n) is 8.79. The van der Waals surface area contributed by atoms with Crippen LogP contribution in [-0.4, -0.2) is 53.5 Å². The molecule has 1 aliphatic heterocycles. The Labute approximate surface area is 148 Å². The Balaban J connectivity index is 1.92. The lowest BCUT2D eigenvalue weighted by atomic mass is 10.0. The van der Waals surface area contributed by atoms with E-state index in [0.717, 1.165) is 37.3 Å². The van der Waals surface area contributed by atoms with Gasteiger partial charge in [0.15, 0.2) is 0 Å². The number of piperidine rings is 1. The van der Waals surface area contributed by atoms with E-state index in [-0.39, 0.29) is 11.7 Å². The van der Waals surface area contributed by atoms with Crippen LogP contribution in [0, 0.1) is 19.7 Å². The maximum atomic E-state index is 14.2. The van der Waals surface area contributed by atoms with E-state index in [2.05, 4.69) is 19.0 Å². The summed E-state index contributed by atoms with van der Waals surface area (Å²) in [6, 6.07) is 8.95. The smallest absolute Gasteiger partial charge is 0.255 e. The number of carbonyl (C=O) groups is 1. The van der Waals surface area contributed by atoms with E-state index in [9.17, 15) is 9.18 Å². The topological polar surface area (TPSA) is 28.5 Å². The molecule has 0 aliphatic carbocycles. The molecule has 0 spiro atoms. The largest absolute Gasteiger partial charge is 0.337 e. The molecular weight excluding hydrogens is 317 g/mol. The summed E-state index contributed by atoms with van der Waals surface area (Å²) in [7, 11) is 4.12. The summed E-state index contributed by atoms with van der Waals surface area (Å²) in [5.74, 6) is -0.240. The van der Waals surface area contributed by atoms with Crippen molar-refractivity contribution in [2.45, 2.75) is 32.7 Å². The number of likely N-dealkylation sites (tertiary alicyclic amines) is 1. The average Bonchev–Trinajstić information content (AvgIpc) is 2.89. The lowest BCUT2D eigenvalue weighted by molar-refractivity contribution is 0.0634. The number of halogens is 1. The van der Waals surface area contributed by atoms with E-state index in [1.54, 1.807) is 12.1 Å². The molecule has 1 atom stereocenters. The minimum absolute atomic E-state index is 0.0437. The average molecular weight is 343 g/mol. The number of nitrogens with zero attached hydrogens (tertiary/aromatic N) is 3. The monoisotopic (exact) mass is 343 g/mol. The Morgan fingerprint density at radius 2 is 1.96 bits per heavy atom. The zero-order valence-electron chi connectivity index (χ0n) is 15.4. The number of amides is 1. The third-order valence-electron chi connectivity index (χ3n) is 5.17. The number of benzene rings is 1. The highest BCUT2D eigenvalue weighted by molar-refractivity contribution is 5.96. The summed E-state index contributed by atoms with van der Waals surface area (Å²) in [5, 5.41) is 0. The zero-order chi connectivity index (χ0) is 18.1. The standard InChI is InChI=1S/C20H26FN3O/c1-14-12-17(15(2)24(14)19-10-6-5-9-18(19)21)20(25)23-11-7-8-16(13-23)22(3)4/h5-6,9-10,12,16H,7-8,11,13H2,1-4H3. The number of aromatic nitrogens is 1. The summed E-state index contributed by atoms with van der Waals surface area (Å²) >= 11 is 0. The van der Waals surface area contributed by atoms with Crippen LogP contribution < -0.4 is 0 Å². The molecule has 1 fully saturated rings. The minimum Gasteiger partial charge on any atom is -0.337 e. The summed E-state index contributed by atoms with van der Waals surface area (Å²) in [6.07, 6.45) is 2.13. The summed E-state index contributed by atoms with van der Waals surface area (Å²) in [4.78, 5) is 17.2. The van der Waals surface area contributed by atoms with Crippen LogP contribution in [-0.2, 0) is 0 Å². The first kappa shape index (κ1) is 17.7. The Hall–Kier alpha value is -2.14. The molecule has 3 rings (SSSR count). The Morgan fingerprint density at radius 1 is 1.24 bits per heavy atom. The van der Waals surface area contributed by atoms with Crippen LogP contribution >= 0.6 is 0 Å². The van der Waals surface area contributed by atoms with Gasteiger partial charge >= 0.3 is 0 Å². The van der Waals surface area contributed by atoms with Gasteiger partial charge < -0.3 is 14.4 Å². The summed E-state index contributed by atoms with van der Waals surface area (Å²) in [5.41, 5.74) is 2.81. The minimum atomic E-state index is -0.283. The number of hydrogen-bond acceptors (Lipinski definition) is 2. The van der Waals surface area contributed by atoms with Crippen LogP contribution in [0.4, 0.5) is 4.39 Å². The quantitative estimate of drug-likeness (QED) is 0.854. The van der Waals surface area contributed by atoms with E-state index < -0.39 is 0 Å². The van der Waals surface area contributed by atoms with Crippen molar-refractivity contribution in [1.29, 1.82) is 0 Å². The Bertz CT molecular complexity index is 781. The molecule has 134 valence electrons. The van der Waals surface area contributed by atoms with Crippen molar-refractivity contribution >= 4 is 5.91 Å². The highest BCUT2D eigenvalue weighted by Gasteiger charge is 2.28. The van der Waals surface area contributed by atoms with Crippen molar-refractivity contribution in [2.24, 2.45) is 0 Å². The van der Waals surface area contributed by atoms with Crippen LogP contribution in [0.5, 0.6) is 0 Å². The molecule has 4 nitrogen and oxygen atoms in total. The van der Waals surface area contributed by atoms with Crippen molar-refractivity contribution in [2.75, 3.05) is 27.2 Å². The van der Waals surface area contributed by atoms with Gasteiger partial charge in [-0.25, -0.2) is 4.39 Å². The highest BCUT2D eigenvalue weighted by Crippen LogP contribution is 2.25. The number of rotatable bonds is 3. The van der Waals surface area contributed by atoms with E-state index >= 15 is 0 Å². The van der Waals surface area contributed by atoms with Gasteiger partial charge in [0.1, 0.15) is 5.82 Å². The second-order valence-electron chi connectivity index (χ2n) is 7.08. The Kier molecular flexibility index (Phi) is 4.95. The van der Waals surface area contributed by atoms with Crippen LogP contribution in [0.1, 0.15) is 34.6 Å². The third-order valence-corrected chi connectivity index (χ3v) is 5.17. The molecule has 1 amide bonds. The molecule has 0 saturated carbocycles. The lowest BCUT2D eigenvalue weighted by Crippen LogP contribution is -2.47. The molecule has 0 radical (unpaired) electrons. The number of likely N-dealkylation sites (N-methyl/N-ethyl adjacent to an activating group) is 1. The third kappa shape index (κ3) is 3.33. The van der Waals surface area contributed by atoms with Crippen LogP contribution in [0.3, 0.4) is 0 Å². The fourth-order valence-corrected chi connectivity index (χ4v) is 3.71. The maximum Gasteiger partial charge on any atom is 0.255 e. The van der Waals surface area contributed by atoms with Crippen molar-refractivity contribution in [3.05, 3.63) is 53.1 Å². The normalized spacial score (nSPS) is 18.0. The van der Waals surface area contributed by atoms with Gasteiger partial charge in [0, 0.05) is 30.5 Å². The molecule has 1 aliphatic rings. The maximum absolute atomic E-state index is 14.2. The van der Waals surface area contributed by atoms with Gasteiger partial charge in [-0.15, -0.1) is 0 Å². The SMILES string of the molecule is Cc1cc(C(=O)N2CCCC(N(C)C)C2)c(C)n1-c1ccccc1F. The first-order chi connectivity index (χ1) is 11.9. The first-order valence-corrected chi connectivity index (χ1v) is 8.79. The molecule has 5 heteroatoms. The number of para-hydroxylation sites is 1. The highest BCUT2D eigenvalue weighted by atomic mass is 19.1. The van der Waals surface area contributed by atoms with E-state index in [1.165, 1.54) is 6.07 Å². The van der Waals surface area contributed by atoms with E-state index in [1.807, 2.05) is 35.4 Å². The van der Waals surface area contributed by atoms with E-state index in [0.29, 0.717) is 17.3 Å². The van der Waals surface area contributed by atoms with Gasteiger partial charge in [0.05, 0.1) is 11.3 Å². The van der Waals surface area contributed by atoms with Crippen molar-refractivity contribution < 1.29 is 9.18 Å². The Morgan fingerprint density at radius 3 is 2.64 bits per heavy atom. The van der Waals surface area contributed by atoms with Crippen LogP contribution in [0.25, 0.3) is 5.69 Å². The van der Waals surface area contributed by atoms with Gasteiger partial charge in [-0.2, -0.15) is 0 Å². The lowest BCUT2D eigenvalue weighted by Gasteiger charge is -2.36. The number of carbonyl (C=O) groups excluding carboxylic acids is 1. The molecule has 1 saturated heterocycles. The van der Waals surface area contributed by atoms with Crippen LogP contribution in [0.15, 0.2) is 30.3 Å². The molecule has 1 unspecified atom stereocenters. The van der Waals surface area contributed by atoms with Gasteiger partial charge in [0.25, 0.3) is 5.91 Å². The second-order valence-corrected chi connectivity index (χ2v) is 7.08. The number of hydrogen-bond donors (Lipinski definition) is 0. The number of aryl methyl sites for hydroxylation is 1. The van der Waals surface area contributed by atoms with Crippen molar-refractivity contribution in [3.8, 4) is 5.69 Å². The predicted octanol–water partition coefficient (Wildman–Crippen LogP) is 3.40. The fraction of sp³-hybridized carbons (Fsp3) is 0.450. The predicted molar refractivity (Wildman–Crippen MR) is 97.8 cm³/mol. The van der Waals surface area contributed by atoms with Crippen LogP contribution in [0.2, 0.25) is 0 Å². The summed E-state index contributed by atoms with van der Waals surface area (Å²) < 4.78 is 16.0. The second kappa shape index (κ2) is 7.00. The molecule has 2 heterocycles. The molecule has 1 aromatic carbocycles. The van der Waals surface area contributed by atoms with Gasteiger partial charge in [-0.05, 0) is 59.0 Å². The molecular formula is C20H26FN3O. The zero-order valence-corrected chi connectivity index (χ0v) is 15.4. The summed E-state index contributed by atoms with van der Waals surface area (Å²) in [6.45, 7) is 5.33. The molecule has 0 bridgehead atoms. The molecule has 0 N–H and O–H groups in total. The van der Waals surface area contributed by atoms with Gasteiger partial charge in [-0.3, -0.25) is 4.79 Å². The molecule has 2 aromatic rings. The molecule has 25 heavy (non-hydrogen) atoms. The van der Waals surface area contributed by atoms with Gasteiger partial charge in [0.2, 0.25) is 0 Å².